The summed E-state index contributed by atoms with van der Waals surface area (Å²) >= 11 is 1.78. The number of aromatic amines is 1. The molecule has 1 aliphatic heterocycles. The number of hydrogen-bond acceptors (Lipinski definition) is 3. The van der Waals surface area contributed by atoms with Gasteiger partial charge in [0, 0.05) is 40.6 Å². The second-order valence-electron chi connectivity index (χ2n) is 6.31. The van der Waals surface area contributed by atoms with Crippen LogP contribution in [0.3, 0.4) is 0 Å². The van der Waals surface area contributed by atoms with Crippen molar-refractivity contribution in [3.05, 3.63) is 58.4 Å². The SMILES string of the molecule is CC.CCN1CC=C(c2c[nH]c3ccc(N=CN)cc23)CC1.Cc1cccs1. The minimum absolute atomic E-state index is 0.896. The lowest BCUT2D eigenvalue weighted by Crippen LogP contribution is -2.27. The van der Waals surface area contributed by atoms with Crippen molar-refractivity contribution < 1.29 is 0 Å². The normalized spacial score (nSPS) is 14.2. The maximum absolute atomic E-state index is 5.37. The van der Waals surface area contributed by atoms with E-state index < -0.39 is 0 Å². The number of nitrogens with zero attached hydrogens (tertiary/aromatic N) is 2. The molecule has 150 valence electrons. The van der Waals surface area contributed by atoms with Gasteiger partial charge in [-0.05, 0) is 55.1 Å². The predicted molar refractivity (Wildman–Crippen MR) is 126 cm³/mol. The molecule has 5 heteroatoms. The largest absolute Gasteiger partial charge is 0.390 e. The summed E-state index contributed by atoms with van der Waals surface area (Å²) in [4.78, 5) is 11.3. The molecule has 0 amide bonds. The fourth-order valence-electron chi connectivity index (χ4n) is 3.14. The van der Waals surface area contributed by atoms with Crippen LogP contribution < -0.4 is 5.73 Å². The van der Waals surface area contributed by atoms with E-state index in [0.29, 0.717) is 0 Å². The quantitative estimate of drug-likeness (QED) is 0.423. The average molecular weight is 397 g/mol. The van der Waals surface area contributed by atoms with E-state index in [2.05, 4.69) is 70.6 Å². The fraction of sp³-hybridized carbons (Fsp3) is 0.348. The van der Waals surface area contributed by atoms with Crippen molar-refractivity contribution in [1.82, 2.24) is 9.88 Å². The highest BCUT2D eigenvalue weighted by molar-refractivity contribution is 7.09. The van der Waals surface area contributed by atoms with Gasteiger partial charge in [-0.25, -0.2) is 4.99 Å². The van der Waals surface area contributed by atoms with Gasteiger partial charge in [-0.3, -0.25) is 4.90 Å². The van der Waals surface area contributed by atoms with Crippen LogP contribution >= 0.6 is 11.3 Å². The van der Waals surface area contributed by atoms with Gasteiger partial charge in [-0.2, -0.15) is 0 Å². The molecular weight excluding hydrogens is 364 g/mol. The Morgan fingerprint density at radius 1 is 1.29 bits per heavy atom. The molecular formula is C23H32N4S. The average Bonchev–Trinajstić information content (AvgIpc) is 3.39. The molecule has 2 aromatic heterocycles. The summed E-state index contributed by atoms with van der Waals surface area (Å²) < 4.78 is 0. The van der Waals surface area contributed by atoms with Gasteiger partial charge in [0.1, 0.15) is 0 Å². The van der Waals surface area contributed by atoms with Gasteiger partial charge in [-0.1, -0.05) is 32.9 Å². The van der Waals surface area contributed by atoms with Crippen molar-refractivity contribution in [1.29, 1.82) is 0 Å². The van der Waals surface area contributed by atoms with Crippen LogP contribution in [-0.2, 0) is 0 Å². The number of aromatic nitrogens is 1. The Balaban J connectivity index is 0.000000296. The first-order chi connectivity index (χ1) is 13.7. The van der Waals surface area contributed by atoms with Crippen LogP contribution in [0.1, 0.15) is 37.6 Å². The Morgan fingerprint density at radius 2 is 2.11 bits per heavy atom. The second kappa shape index (κ2) is 11.5. The zero-order valence-electron chi connectivity index (χ0n) is 17.4. The first kappa shape index (κ1) is 21.9. The number of hydrogen-bond donors (Lipinski definition) is 2. The molecule has 0 saturated carbocycles. The molecule has 3 N–H and O–H groups in total. The third-order valence-electron chi connectivity index (χ3n) is 4.64. The van der Waals surface area contributed by atoms with Crippen LogP contribution in [0.2, 0.25) is 0 Å². The van der Waals surface area contributed by atoms with Crippen molar-refractivity contribution in [3.63, 3.8) is 0 Å². The summed E-state index contributed by atoms with van der Waals surface area (Å²) in [6, 6.07) is 10.3. The van der Waals surface area contributed by atoms with Crippen molar-refractivity contribution in [3.8, 4) is 0 Å². The molecule has 0 atom stereocenters. The molecule has 0 aliphatic carbocycles. The Kier molecular flexibility index (Phi) is 8.98. The van der Waals surface area contributed by atoms with E-state index >= 15 is 0 Å². The molecule has 3 aromatic rings. The first-order valence-electron chi connectivity index (χ1n) is 9.98. The highest BCUT2D eigenvalue weighted by atomic mass is 32.1. The minimum atomic E-state index is 0.896. The van der Waals surface area contributed by atoms with Gasteiger partial charge in [0.2, 0.25) is 0 Å². The predicted octanol–water partition coefficient (Wildman–Crippen LogP) is 5.98. The molecule has 1 aliphatic rings. The molecule has 0 unspecified atom stereocenters. The Morgan fingerprint density at radius 3 is 2.64 bits per heavy atom. The van der Waals surface area contributed by atoms with Gasteiger partial charge in [0.15, 0.2) is 0 Å². The zero-order chi connectivity index (χ0) is 20.4. The minimum Gasteiger partial charge on any atom is -0.390 e. The summed E-state index contributed by atoms with van der Waals surface area (Å²) in [5, 5.41) is 3.30. The number of likely N-dealkylation sites (N-methyl/N-ethyl adjacent to an activating group) is 1. The highest BCUT2D eigenvalue weighted by Gasteiger charge is 2.14. The number of nitrogens with one attached hydrogen (secondary N) is 1. The molecule has 28 heavy (non-hydrogen) atoms. The topological polar surface area (TPSA) is 57.4 Å². The number of aryl methyl sites for hydroxylation is 1. The summed E-state index contributed by atoms with van der Waals surface area (Å²) in [5.74, 6) is 0. The monoisotopic (exact) mass is 396 g/mol. The number of H-pyrrole nitrogens is 1. The van der Waals surface area contributed by atoms with Crippen LogP contribution in [0, 0.1) is 6.92 Å². The Labute approximate surface area is 172 Å². The van der Waals surface area contributed by atoms with Crippen molar-refractivity contribution in [2.75, 3.05) is 19.6 Å². The summed E-state index contributed by atoms with van der Waals surface area (Å²) in [5.41, 5.74) is 10.1. The Hall–Kier alpha value is -2.37. The van der Waals surface area contributed by atoms with Crippen LogP contribution in [0.5, 0.6) is 0 Å². The Bertz CT molecular complexity index is 891. The molecule has 0 saturated heterocycles. The maximum Gasteiger partial charge on any atom is 0.0860 e. The maximum atomic E-state index is 5.37. The lowest BCUT2D eigenvalue weighted by Gasteiger charge is -2.24. The standard InChI is InChI=1S/C16H20N4.C5H6S.C2H6/c1-2-20-7-5-12(6-8-20)15-10-18-16-4-3-13(19-11-17)9-14(15)16;1-5-3-2-4-6-5;1-2/h3-5,9-11,18H,2,6-8H2,1H3,(H2,17,19);2-4H,1H3;1-2H3. The van der Waals surface area contributed by atoms with Gasteiger partial charge in [0.05, 0.1) is 12.0 Å². The van der Waals surface area contributed by atoms with E-state index in [4.69, 9.17) is 5.73 Å². The van der Waals surface area contributed by atoms with E-state index in [1.54, 1.807) is 11.3 Å². The third kappa shape index (κ3) is 5.81. The second-order valence-corrected chi connectivity index (χ2v) is 7.46. The lowest BCUT2D eigenvalue weighted by molar-refractivity contribution is 0.319. The fourth-order valence-corrected chi connectivity index (χ4v) is 3.67. The molecule has 0 fully saturated rings. The van der Waals surface area contributed by atoms with Crippen LogP contribution in [0.15, 0.2) is 53.0 Å². The van der Waals surface area contributed by atoms with Crippen molar-refractivity contribution >= 4 is 39.8 Å². The third-order valence-corrected chi connectivity index (χ3v) is 5.44. The van der Waals surface area contributed by atoms with Crippen molar-refractivity contribution in [2.45, 2.75) is 34.1 Å². The van der Waals surface area contributed by atoms with Crippen molar-refractivity contribution in [2.24, 2.45) is 10.7 Å². The first-order valence-corrected chi connectivity index (χ1v) is 10.9. The number of aliphatic imine (C=N–C) groups is 1. The lowest BCUT2D eigenvalue weighted by atomic mass is 9.99. The smallest absolute Gasteiger partial charge is 0.0860 e. The zero-order valence-corrected chi connectivity index (χ0v) is 18.2. The number of nitrogens with two attached hydrogens (primary N) is 1. The van der Waals surface area contributed by atoms with E-state index in [1.165, 1.54) is 27.7 Å². The number of rotatable bonds is 3. The summed E-state index contributed by atoms with van der Waals surface area (Å²) in [7, 11) is 0. The number of thiophene rings is 1. The molecule has 3 heterocycles. The van der Waals surface area contributed by atoms with Gasteiger partial charge in [-0.15, -0.1) is 11.3 Å². The number of benzene rings is 1. The van der Waals surface area contributed by atoms with Crippen LogP contribution in [-0.4, -0.2) is 35.9 Å². The number of fused-ring (bicyclic) bond motifs is 1. The van der Waals surface area contributed by atoms with E-state index in [0.717, 1.165) is 37.3 Å². The van der Waals surface area contributed by atoms with E-state index in [-0.39, 0.29) is 0 Å². The van der Waals surface area contributed by atoms with Gasteiger partial charge >= 0.3 is 0 Å². The van der Waals surface area contributed by atoms with E-state index in [9.17, 15) is 0 Å². The highest BCUT2D eigenvalue weighted by Crippen LogP contribution is 2.31. The molecule has 0 radical (unpaired) electrons. The van der Waals surface area contributed by atoms with Crippen LogP contribution in [0.25, 0.3) is 16.5 Å². The van der Waals surface area contributed by atoms with Gasteiger partial charge < -0.3 is 10.7 Å². The summed E-state index contributed by atoms with van der Waals surface area (Å²) in [6.45, 7) is 11.6. The molecule has 0 spiro atoms. The van der Waals surface area contributed by atoms with E-state index in [1.807, 2.05) is 19.9 Å². The summed E-state index contributed by atoms with van der Waals surface area (Å²) in [6.07, 6.45) is 6.89. The van der Waals surface area contributed by atoms with Gasteiger partial charge in [0.25, 0.3) is 0 Å². The molecule has 4 nitrogen and oxygen atoms in total. The molecule has 1 aromatic carbocycles. The molecule has 4 rings (SSSR count). The molecule has 0 bridgehead atoms. The van der Waals surface area contributed by atoms with Crippen LogP contribution in [0.4, 0.5) is 5.69 Å².